The molecule has 1 saturated heterocycles. The molecule has 4 heterocycles. The maximum absolute atomic E-state index is 12.9. The molecule has 186 valence electrons. The molecule has 1 aromatic carbocycles. The molecular weight excluding hydrogens is 458 g/mol. The van der Waals surface area contributed by atoms with Crippen LogP contribution in [0.2, 0.25) is 0 Å². The number of rotatable bonds is 8. The first kappa shape index (κ1) is 22.8. The van der Waals surface area contributed by atoms with Gasteiger partial charge in [0.2, 0.25) is 5.95 Å². The molecule has 0 spiro atoms. The number of anilines is 4. The van der Waals surface area contributed by atoms with Crippen LogP contribution in [0, 0.1) is 0 Å². The molecule has 10 heteroatoms. The summed E-state index contributed by atoms with van der Waals surface area (Å²) in [6.45, 7) is 2.74. The highest BCUT2D eigenvalue weighted by Gasteiger charge is 2.42. The zero-order valence-electron chi connectivity index (χ0n) is 20.1. The molecule has 0 bridgehead atoms. The first-order valence-electron chi connectivity index (χ1n) is 12.3. The number of nitrogens with zero attached hydrogens (tertiary/aromatic N) is 3. The van der Waals surface area contributed by atoms with Gasteiger partial charge in [0.1, 0.15) is 17.2 Å². The number of carbonyl (C=O) groups excluding carboxylic acids is 1. The largest absolute Gasteiger partial charge is 0.374 e. The second-order valence-electron chi connectivity index (χ2n) is 9.46. The van der Waals surface area contributed by atoms with Crippen molar-refractivity contribution in [2.75, 3.05) is 37.5 Å². The van der Waals surface area contributed by atoms with Crippen molar-refractivity contribution in [2.45, 2.75) is 37.5 Å². The lowest BCUT2D eigenvalue weighted by molar-refractivity contribution is -0.204. The lowest BCUT2D eigenvalue weighted by atomic mass is 9.97. The molecule has 2 aliphatic heterocycles. The average Bonchev–Trinajstić information content (AvgIpc) is 3.68. The number of fused-ring (bicyclic) bond motifs is 1. The van der Waals surface area contributed by atoms with Gasteiger partial charge in [0.25, 0.3) is 5.91 Å². The predicted molar refractivity (Wildman–Crippen MR) is 135 cm³/mol. The van der Waals surface area contributed by atoms with E-state index in [1.807, 2.05) is 24.3 Å². The minimum atomic E-state index is -0.552. The fourth-order valence-electron chi connectivity index (χ4n) is 4.42. The Morgan fingerprint density at radius 1 is 1.14 bits per heavy atom. The van der Waals surface area contributed by atoms with Gasteiger partial charge in [-0.25, -0.2) is 9.97 Å². The molecule has 2 aromatic heterocycles. The van der Waals surface area contributed by atoms with Crippen molar-refractivity contribution < 1.29 is 14.3 Å². The second-order valence-corrected chi connectivity index (χ2v) is 9.46. The maximum Gasteiger partial charge on any atom is 0.256 e. The Bertz CT molecular complexity index is 1280. The number of hydrogen-bond donors (Lipinski definition) is 4. The van der Waals surface area contributed by atoms with Gasteiger partial charge in [0.05, 0.1) is 18.9 Å². The Morgan fingerprint density at radius 2 is 2.03 bits per heavy atom. The second kappa shape index (κ2) is 9.45. The number of nitrogens with one attached hydrogen (secondary N) is 4. The van der Waals surface area contributed by atoms with Crippen LogP contribution in [0.1, 0.15) is 40.0 Å². The Morgan fingerprint density at radius 3 is 2.81 bits per heavy atom. The molecule has 1 amide bonds. The molecule has 3 aromatic rings. The van der Waals surface area contributed by atoms with Crippen LogP contribution in [0.3, 0.4) is 0 Å². The predicted octanol–water partition coefficient (Wildman–Crippen LogP) is 2.77. The SMILES string of the molecule is COC1(c2cccc(Nc3nc(Nc4ccc5c(c4)CNCC5)ncc3C(=O)NC3CC3)n2)COC1. The van der Waals surface area contributed by atoms with Gasteiger partial charge in [-0.15, -0.1) is 0 Å². The van der Waals surface area contributed by atoms with E-state index in [1.54, 1.807) is 13.3 Å². The van der Waals surface area contributed by atoms with Gasteiger partial charge in [-0.2, -0.15) is 4.98 Å². The molecule has 3 aliphatic rings. The summed E-state index contributed by atoms with van der Waals surface area (Å²) in [4.78, 5) is 26.8. The van der Waals surface area contributed by atoms with Crippen molar-refractivity contribution in [1.82, 2.24) is 25.6 Å². The van der Waals surface area contributed by atoms with E-state index >= 15 is 0 Å². The van der Waals surface area contributed by atoms with Crippen LogP contribution in [-0.4, -0.2) is 53.8 Å². The first-order chi connectivity index (χ1) is 17.6. The Kier molecular flexibility index (Phi) is 6.00. The molecule has 0 unspecified atom stereocenters. The molecule has 10 nitrogen and oxygen atoms in total. The van der Waals surface area contributed by atoms with Crippen molar-refractivity contribution in [3.8, 4) is 0 Å². The molecular formula is C26H29N7O3. The van der Waals surface area contributed by atoms with Gasteiger partial charge in [-0.05, 0) is 61.2 Å². The van der Waals surface area contributed by atoms with Crippen LogP contribution >= 0.6 is 0 Å². The van der Waals surface area contributed by atoms with Crippen LogP contribution < -0.4 is 21.3 Å². The summed E-state index contributed by atoms with van der Waals surface area (Å²) >= 11 is 0. The van der Waals surface area contributed by atoms with E-state index in [-0.39, 0.29) is 11.9 Å². The smallest absolute Gasteiger partial charge is 0.256 e. The van der Waals surface area contributed by atoms with Gasteiger partial charge in [-0.1, -0.05) is 12.1 Å². The third kappa shape index (κ3) is 4.62. The number of pyridine rings is 1. The molecule has 36 heavy (non-hydrogen) atoms. The van der Waals surface area contributed by atoms with Gasteiger partial charge >= 0.3 is 0 Å². The van der Waals surface area contributed by atoms with Crippen LogP contribution in [0.4, 0.5) is 23.3 Å². The van der Waals surface area contributed by atoms with Crippen LogP contribution in [0.15, 0.2) is 42.6 Å². The third-order valence-electron chi connectivity index (χ3n) is 6.82. The van der Waals surface area contributed by atoms with E-state index in [4.69, 9.17) is 14.5 Å². The number of methoxy groups -OCH3 is 1. The van der Waals surface area contributed by atoms with E-state index in [1.165, 1.54) is 11.1 Å². The number of aromatic nitrogens is 3. The summed E-state index contributed by atoms with van der Waals surface area (Å²) in [6.07, 6.45) is 4.56. The van der Waals surface area contributed by atoms with E-state index in [9.17, 15) is 4.79 Å². The third-order valence-corrected chi connectivity index (χ3v) is 6.82. The Labute approximate surface area is 209 Å². The zero-order chi connectivity index (χ0) is 24.5. The number of benzene rings is 1. The minimum Gasteiger partial charge on any atom is -0.374 e. The van der Waals surface area contributed by atoms with Crippen molar-refractivity contribution in [3.05, 3.63) is 65.0 Å². The summed E-state index contributed by atoms with van der Waals surface area (Å²) in [7, 11) is 1.66. The first-order valence-corrected chi connectivity index (χ1v) is 12.3. The Balaban J connectivity index is 1.29. The van der Waals surface area contributed by atoms with E-state index in [0.717, 1.165) is 43.7 Å². The van der Waals surface area contributed by atoms with Gasteiger partial charge in [0, 0.05) is 31.6 Å². The molecule has 2 fully saturated rings. The highest BCUT2D eigenvalue weighted by Crippen LogP contribution is 2.33. The standard InChI is InChI=1S/C26H29N7O3/c1-35-26(14-36-15-26)21-3-2-4-22(31-21)32-23-20(24(34)29-18-7-8-18)13-28-25(33-23)30-19-6-5-16-9-10-27-12-17(16)11-19/h2-6,11,13,18,27H,7-10,12,14-15H2,1H3,(H,29,34)(H2,28,30,31,32,33). The van der Waals surface area contributed by atoms with Crippen LogP contribution in [0.5, 0.6) is 0 Å². The summed E-state index contributed by atoms with van der Waals surface area (Å²) < 4.78 is 11.1. The van der Waals surface area contributed by atoms with Gasteiger partial charge in [0.15, 0.2) is 5.60 Å². The maximum atomic E-state index is 12.9. The number of hydrogen-bond acceptors (Lipinski definition) is 9. The fourth-order valence-corrected chi connectivity index (χ4v) is 4.42. The number of ether oxygens (including phenoxy) is 2. The highest BCUT2D eigenvalue weighted by atomic mass is 16.6. The monoisotopic (exact) mass is 487 g/mol. The minimum absolute atomic E-state index is 0.205. The van der Waals surface area contributed by atoms with Crippen molar-refractivity contribution in [2.24, 2.45) is 0 Å². The van der Waals surface area contributed by atoms with Gasteiger partial charge in [-0.3, -0.25) is 4.79 Å². The van der Waals surface area contributed by atoms with E-state index in [2.05, 4.69) is 43.4 Å². The van der Waals surface area contributed by atoms with Crippen molar-refractivity contribution >= 4 is 29.2 Å². The van der Waals surface area contributed by atoms with Crippen molar-refractivity contribution in [1.29, 1.82) is 0 Å². The molecule has 6 rings (SSSR count). The summed E-state index contributed by atoms with van der Waals surface area (Å²) in [6, 6.07) is 12.1. The number of amides is 1. The average molecular weight is 488 g/mol. The summed E-state index contributed by atoms with van der Waals surface area (Å²) in [5.74, 6) is 1.12. The molecule has 1 saturated carbocycles. The lowest BCUT2D eigenvalue weighted by Gasteiger charge is -2.39. The van der Waals surface area contributed by atoms with E-state index < -0.39 is 5.60 Å². The molecule has 4 N–H and O–H groups in total. The fraction of sp³-hybridized carbons (Fsp3) is 0.385. The van der Waals surface area contributed by atoms with Gasteiger partial charge < -0.3 is 30.7 Å². The number of carbonyl (C=O) groups is 1. The molecule has 0 atom stereocenters. The molecule has 1 aliphatic carbocycles. The summed E-state index contributed by atoms with van der Waals surface area (Å²) in [5.41, 5.74) is 4.09. The van der Waals surface area contributed by atoms with Crippen molar-refractivity contribution in [3.63, 3.8) is 0 Å². The highest BCUT2D eigenvalue weighted by molar-refractivity contribution is 5.99. The van der Waals surface area contributed by atoms with E-state index in [0.29, 0.717) is 36.4 Å². The zero-order valence-corrected chi connectivity index (χ0v) is 20.1. The normalized spacial score (nSPS) is 18.0. The Hall–Kier alpha value is -3.60. The topological polar surface area (TPSA) is 122 Å². The van der Waals surface area contributed by atoms with Crippen LogP contribution in [-0.2, 0) is 28.0 Å². The molecule has 0 radical (unpaired) electrons. The summed E-state index contributed by atoms with van der Waals surface area (Å²) in [5, 5.41) is 12.9. The van der Waals surface area contributed by atoms with Crippen LogP contribution in [0.25, 0.3) is 0 Å². The quantitative estimate of drug-likeness (QED) is 0.380. The lowest BCUT2D eigenvalue weighted by Crippen LogP contribution is -2.48.